The van der Waals surface area contributed by atoms with E-state index in [1.165, 1.54) is 14.0 Å². The van der Waals surface area contributed by atoms with E-state index in [0.717, 1.165) is 5.56 Å². The minimum absolute atomic E-state index is 0.0318. The largest absolute Gasteiger partial charge is 0.469 e. The van der Waals surface area contributed by atoms with E-state index in [1.807, 2.05) is 30.3 Å². The van der Waals surface area contributed by atoms with E-state index in [4.69, 9.17) is 0 Å². The van der Waals surface area contributed by atoms with Gasteiger partial charge in [0.1, 0.15) is 6.04 Å². The second-order valence-corrected chi connectivity index (χ2v) is 5.03. The number of rotatable bonds is 7. The zero-order chi connectivity index (χ0) is 17.9. The van der Waals surface area contributed by atoms with Crippen molar-refractivity contribution in [3.05, 3.63) is 35.9 Å². The molecule has 0 aliphatic heterocycles. The van der Waals surface area contributed by atoms with Gasteiger partial charge < -0.3 is 15.4 Å². The minimum Gasteiger partial charge on any atom is -0.469 e. The van der Waals surface area contributed by atoms with Gasteiger partial charge in [-0.1, -0.05) is 30.3 Å². The maximum Gasteiger partial charge on any atom is 0.321 e. The third-order valence-corrected chi connectivity index (χ3v) is 3.09. The molecule has 1 atom stereocenters. The number of esters is 1. The molecule has 4 amide bonds. The summed E-state index contributed by atoms with van der Waals surface area (Å²) in [6.45, 7) is 1.50. The molecule has 0 aliphatic carbocycles. The molecule has 8 heteroatoms. The number of nitrogens with one attached hydrogen (secondary N) is 3. The highest BCUT2D eigenvalue weighted by Gasteiger charge is 2.22. The molecule has 1 aromatic rings. The van der Waals surface area contributed by atoms with Gasteiger partial charge in [0.15, 0.2) is 0 Å². The van der Waals surface area contributed by atoms with E-state index in [-0.39, 0.29) is 19.4 Å². The molecule has 0 aromatic heterocycles. The van der Waals surface area contributed by atoms with Gasteiger partial charge in [0.05, 0.1) is 7.11 Å². The van der Waals surface area contributed by atoms with E-state index >= 15 is 0 Å². The number of ether oxygens (including phenoxy) is 1. The van der Waals surface area contributed by atoms with Crippen molar-refractivity contribution >= 4 is 23.8 Å². The van der Waals surface area contributed by atoms with Crippen LogP contribution in [0.5, 0.6) is 0 Å². The molecular weight excluding hydrogens is 314 g/mol. The molecule has 0 aliphatic rings. The van der Waals surface area contributed by atoms with Crippen LogP contribution >= 0.6 is 0 Å². The predicted octanol–water partition coefficient (Wildman–Crippen LogP) is 0.470. The molecular formula is C16H21N3O5. The molecule has 0 saturated carbocycles. The highest BCUT2D eigenvalue weighted by atomic mass is 16.5. The summed E-state index contributed by atoms with van der Waals surface area (Å²) in [7, 11) is 1.23. The molecule has 1 unspecified atom stereocenters. The van der Waals surface area contributed by atoms with Crippen LogP contribution in [0.15, 0.2) is 30.3 Å². The smallest absolute Gasteiger partial charge is 0.321 e. The summed E-state index contributed by atoms with van der Waals surface area (Å²) in [6, 6.07) is 7.50. The average molecular weight is 335 g/mol. The summed E-state index contributed by atoms with van der Waals surface area (Å²) in [5, 5.41) is 7.08. The highest BCUT2D eigenvalue weighted by molar-refractivity contribution is 5.98. The Labute approximate surface area is 139 Å². The summed E-state index contributed by atoms with van der Waals surface area (Å²) in [5.41, 5.74) is 0.879. The van der Waals surface area contributed by atoms with Crippen LogP contribution in [0.25, 0.3) is 0 Å². The second kappa shape index (κ2) is 9.98. The summed E-state index contributed by atoms with van der Waals surface area (Å²) < 4.78 is 4.49. The van der Waals surface area contributed by atoms with Gasteiger partial charge in [0, 0.05) is 19.9 Å². The van der Waals surface area contributed by atoms with E-state index in [2.05, 4.69) is 20.7 Å². The van der Waals surface area contributed by atoms with Crippen molar-refractivity contribution in [1.82, 2.24) is 16.0 Å². The summed E-state index contributed by atoms with van der Waals surface area (Å²) in [5.74, 6) is -1.64. The van der Waals surface area contributed by atoms with Crippen LogP contribution in [-0.2, 0) is 25.7 Å². The topological polar surface area (TPSA) is 114 Å². The fourth-order valence-corrected chi connectivity index (χ4v) is 1.90. The van der Waals surface area contributed by atoms with Gasteiger partial charge >= 0.3 is 12.0 Å². The van der Waals surface area contributed by atoms with Crippen LogP contribution in [0.3, 0.4) is 0 Å². The number of hydrogen-bond donors (Lipinski definition) is 3. The monoisotopic (exact) mass is 335 g/mol. The Kier molecular flexibility index (Phi) is 7.97. The lowest BCUT2D eigenvalue weighted by atomic mass is 10.1. The summed E-state index contributed by atoms with van der Waals surface area (Å²) in [4.78, 5) is 46.1. The van der Waals surface area contributed by atoms with Gasteiger partial charge in [0.2, 0.25) is 5.91 Å². The van der Waals surface area contributed by atoms with Gasteiger partial charge in [-0.2, -0.15) is 0 Å². The molecule has 0 spiro atoms. The van der Waals surface area contributed by atoms with Crippen molar-refractivity contribution < 1.29 is 23.9 Å². The van der Waals surface area contributed by atoms with Crippen molar-refractivity contribution in [2.24, 2.45) is 0 Å². The minimum atomic E-state index is -0.996. The average Bonchev–Trinajstić information content (AvgIpc) is 2.56. The Morgan fingerprint density at radius 3 is 2.38 bits per heavy atom. The number of carbonyl (C=O) groups is 4. The fourth-order valence-electron chi connectivity index (χ4n) is 1.90. The first-order valence-corrected chi connectivity index (χ1v) is 7.39. The SMILES string of the molecule is COC(=O)CCC(NC(C)=O)C(=O)NC(=O)NCc1ccccc1. The van der Waals surface area contributed by atoms with Crippen LogP contribution in [0, 0.1) is 0 Å². The van der Waals surface area contributed by atoms with Gasteiger partial charge in [-0.25, -0.2) is 4.79 Å². The zero-order valence-electron chi connectivity index (χ0n) is 13.6. The molecule has 0 saturated heterocycles. The predicted molar refractivity (Wildman–Crippen MR) is 85.7 cm³/mol. The Morgan fingerprint density at radius 1 is 1.12 bits per heavy atom. The Hall–Kier alpha value is -2.90. The van der Waals surface area contributed by atoms with Gasteiger partial charge in [0.25, 0.3) is 5.91 Å². The van der Waals surface area contributed by atoms with Crippen LogP contribution in [-0.4, -0.2) is 37.0 Å². The molecule has 3 N–H and O–H groups in total. The molecule has 24 heavy (non-hydrogen) atoms. The molecule has 0 heterocycles. The lowest BCUT2D eigenvalue weighted by Crippen LogP contribution is -2.50. The number of hydrogen-bond acceptors (Lipinski definition) is 5. The first kappa shape index (κ1) is 19.1. The van der Waals surface area contributed by atoms with Gasteiger partial charge in [-0.15, -0.1) is 0 Å². The maximum absolute atomic E-state index is 12.1. The van der Waals surface area contributed by atoms with Crippen molar-refractivity contribution in [1.29, 1.82) is 0 Å². The van der Waals surface area contributed by atoms with Crippen LogP contribution in [0.2, 0.25) is 0 Å². The molecule has 1 rings (SSSR count). The van der Waals surface area contributed by atoms with Gasteiger partial charge in [-0.05, 0) is 12.0 Å². The third-order valence-electron chi connectivity index (χ3n) is 3.09. The van der Waals surface area contributed by atoms with E-state index in [0.29, 0.717) is 0 Å². The maximum atomic E-state index is 12.1. The van der Waals surface area contributed by atoms with Crippen molar-refractivity contribution in [2.45, 2.75) is 32.4 Å². The van der Waals surface area contributed by atoms with Crippen LogP contribution < -0.4 is 16.0 Å². The quantitative estimate of drug-likeness (QED) is 0.627. The van der Waals surface area contributed by atoms with Crippen molar-refractivity contribution in [3.63, 3.8) is 0 Å². The Morgan fingerprint density at radius 2 is 1.79 bits per heavy atom. The number of urea groups is 1. The number of benzene rings is 1. The Bertz CT molecular complexity index is 589. The molecule has 1 aromatic carbocycles. The lowest BCUT2D eigenvalue weighted by molar-refractivity contribution is -0.141. The van der Waals surface area contributed by atoms with E-state index in [9.17, 15) is 19.2 Å². The molecule has 130 valence electrons. The number of carbonyl (C=O) groups excluding carboxylic acids is 4. The van der Waals surface area contributed by atoms with Gasteiger partial charge in [-0.3, -0.25) is 19.7 Å². The van der Waals surface area contributed by atoms with Crippen molar-refractivity contribution in [3.8, 4) is 0 Å². The molecule has 8 nitrogen and oxygen atoms in total. The number of imide groups is 1. The lowest BCUT2D eigenvalue weighted by Gasteiger charge is -2.16. The van der Waals surface area contributed by atoms with Crippen molar-refractivity contribution in [2.75, 3.05) is 7.11 Å². The number of methoxy groups -OCH3 is 1. The first-order chi connectivity index (χ1) is 11.4. The highest BCUT2D eigenvalue weighted by Crippen LogP contribution is 2.00. The molecule has 0 bridgehead atoms. The summed E-state index contributed by atoms with van der Waals surface area (Å²) in [6.07, 6.45) is -0.0233. The zero-order valence-corrected chi connectivity index (χ0v) is 13.6. The van der Waals surface area contributed by atoms with Crippen LogP contribution in [0.1, 0.15) is 25.3 Å². The fraction of sp³-hybridized carbons (Fsp3) is 0.375. The normalized spacial score (nSPS) is 11.1. The second-order valence-electron chi connectivity index (χ2n) is 5.03. The van der Waals surface area contributed by atoms with E-state index < -0.39 is 29.9 Å². The number of amides is 4. The standard InChI is InChI=1S/C16H21N3O5/c1-11(20)18-13(8-9-14(21)24-2)15(22)19-16(23)17-10-12-6-4-3-5-7-12/h3-7,13H,8-10H2,1-2H3,(H,18,20)(H2,17,19,22,23). The molecule has 0 radical (unpaired) electrons. The summed E-state index contributed by atoms with van der Waals surface area (Å²) >= 11 is 0. The Balaban J connectivity index is 2.51. The third kappa shape index (κ3) is 7.39. The first-order valence-electron chi connectivity index (χ1n) is 7.39. The molecule has 0 fully saturated rings. The van der Waals surface area contributed by atoms with E-state index in [1.54, 1.807) is 0 Å². The van der Waals surface area contributed by atoms with Crippen LogP contribution in [0.4, 0.5) is 4.79 Å².